The third-order valence-electron chi connectivity index (χ3n) is 5.73. The van der Waals surface area contributed by atoms with E-state index < -0.39 is 30.0 Å². The van der Waals surface area contributed by atoms with Gasteiger partial charge in [0.05, 0.1) is 52.2 Å². The minimum absolute atomic E-state index is 0.0442. The predicted molar refractivity (Wildman–Crippen MR) is 102 cm³/mol. The number of methoxy groups -OCH3 is 2. The van der Waals surface area contributed by atoms with Crippen molar-refractivity contribution in [2.45, 2.75) is 25.4 Å². The predicted octanol–water partition coefficient (Wildman–Crippen LogP) is 2.29. The molecule has 2 aliphatic heterocycles. The maximum absolute atomic E-state index is 12.4. The average Bonchev–Trinajstić information content (AvgIpc) is 3.37. The molecule has 0 amide bonds. The van der Waals surface area contributed by atoms with Crippen LogP contribution >= 0.6 is 0 Å². The van der Waals surface area contributed by atoms with Crippen molar-refractivity contribution in [2.24, 2.45) is 11.8 Å². The number of carbonyl (C=O) groups is 1. The summed E-state index contributed by atoms with van der Waals surface area (Å²) in [6.45, 7) is 1.12. The van der Waals surface area contributed by atoms with Crippen molar-refractivity contribution >= 4 is 5.97 Å². The van der Waals surface area contributed by atoms with Crippen molar-refractivity contribution < 1.29 is 34.0 Å². The van der Waals surface area contributed by atoms with E-state index in [2.05, 4.69) is 0 Å². The summed E-state index contributed by atoms with van der Waals surface area (Å²) in [4.78, 5) is 12.4. The first kappa shape index (κ1) is 19.7. The van der Waals surface area contributed by atoms with Gasteiger partial charge in [-0.3, -0.25) is 4.79 Å². The van der Waals surface area contributed by atoms with Crippen molar-refractivity contribution in [3.8, 4) is 11.5 Å². The number of esters is 1. The Morgan fingerprint density at radius 1 is 0.931 bits per heavy atom. The summed E-state index contributed by atoms with van der Waals surface area (Å²) in [5, 5.41) is 22.0. The molecule has 0 bridgehead atoms. The van der Waals surface area contributed by atoms with E-state index in [4.69, 9.17) is 18.9 Å². The molecule has 2 aromatic rings. The van der Waals surface area contributed by atoms with Crippen LogP contribution in [0.2, 0.25) is 0 Å². The van der Waals surface area contributed by atoms with Gasteiger partial charge in [-0.15, -0.1) is 0 Å². The Morgan fingerprint density at radius 2 is 1.62 bits per heavy atom. The zero-order valence-corrected chi connectivity index (χ0v) is 16.3. The number of rotatable bonds is 6. The molecule has 2 N–H and O–H groups in total. The standard InChI is InChI=1S/C22H24O7/c1-26-17-6-5-13(8-18(17)27-2)21(24)19-16(11-29-22(19)25)20(23)12-3-4-14-9-28-10-15(14)7-12/h3-8,16,19-21,23-24H,9-11H2,1-2H3/t16-,19-,20+,21+/m0/s1. The molecule has 2 heterocycles. The van der Waals surface area contributed by atoms with Crippen LogP contribution in [0.1, 0.15) is 34.5 Å². The first-order valence-corrected chi connectivity index (χ1v) is 9.47. The molecule has 7 heteroatoms. The van der Waals surface area contributed by atoms with E-state index in [-0.39, 0.29) is 6.61 Å². The van der Waals surface area contributed by atoms with E-state index >= 15 is 0 Å². The second-order valence-electron chi connectivity index (χ2n) is 7.34. The summed E-state index contributed by atoms with van der Waals surface area (Å²) in [7, 11) is 3.03. The molecule has 7 nitrogen and oxygen atoms in total. The number of carbonyl (C=O) groups excluding carboxylic acids is 1. The van der Waals surface area contributed by atoms with E-state index in [0.29, 0.717) is 35.8 Å². The van der Waals surface area contributed by atoms with Gasteiger partial charge in [0.2, 0.25) is 0 Å². The molecule has 0 saturated carbocycles. The van der Waals surface area contributed by atoms with E-state index in [1.807, 2.05) is 18.2 Å². The lowest BCUT2D eigenvalue weighted by Gasteiger charge is -2.26. The van der Waals surface area contributed by atoms with Crippen molar-refractivity contribution in [3.63, 3.8) is 0 Å². The van der Waals surface area contributed by atoms with Crippen LogP contribution in [0.3, 0.4) is 0 Å². The normalized spacial score (nSPS) is 22.7. The minimum Gasteiger partial charge on any atom is -0.493 e. The van der Waals surface area contributed by atoms with E-state index in [0.717, 1.165) is 11.1 Å². The lowest BCUT2D eigenvalue weighted by molar-refractivity contribution is -0.144. The molecule has 0 unspecified atom stereocenters. The molecule has 0 spiro atoms. The van der Waals surface area contributed by atoms with Crippen molar-refractivity contribution in [1.82, 2.24) is 0 Å². The quantitative estimate of drug-likeness (QED) is 0.719. The summed E-state index contributed by atoms with van der Waals surface area (Å²) in [5.74, 6) is -1.03. The van der Waals surface area contributed by atoms with Gasteiger partial charge in [-0.2, -0.15) is 0 Å². The summed E-state index contributed by atoms with van der Waals surface area (Å²) >= 11 is 0. The van der Waals surface area contributed by atoms with Gasteiger partial charge in [0.25, 0.3) is 0 Å². The highest BCUT2D eigenvalue weighted by Gasteiger charge is 2.46. The molecular formula is C22H24O7. The molecule has 4 atom stereocenters. The van der Waals surface area contributed by atoms with Gasteiger partial charge in [0.15, 0.2) is 11.5 Å². The van der Waals surface area contributed by atoms with Gasteiger partial charge in [-0.25, -0.2) is 0 Å². The Morgan fingerprint density at radius 3 is 2.38 bits per heavy atom. The van der Waals surface area contributed by atoms with Crippen LogP contribution in [-0.4, -0.2) is 37.0 Å². The Labute approximate surface area is 168 Å². The zero-order chi connectivity index (χ0) is 20.5. The fourth-order valence-electron chi connectivity index (χ4n) is 4.07. The number of fused-ring (bicyclic) bond motifs is 1. The SMILES string of the molecule is COc1ccc([C@@H](O)[C@H]2C(=O)OC[C@@H]2[C@H](O)c2ccc3c(c2)COC3)cc1OC. The van der Waals surface area contributed by atoms with Gasteiger partial charge >= 0.3 is 5.97 Å². The van der Waals surface area contributed by atoms with E-state index in [9.17, 15) is 15.0 Å². The monoisotopic (exact) mass is 400 g/mol. The maximum Gasteiger partial charge on any atom is 0.312 e. The second kappa shape index (κ2) is 8.02. The molecule has 154 valence electrons. The molecule has 1 fully saturated rings. The maximum atomic E-state index is 12.4. The topological polar surface area (TPSA) is 94.5 Å². The summed E-state index contributed by atoms with van der Waals surface area (Å²) in [6, 6.07) is 10.6. The van der Waals surface area contributed by atoms with Crippen LogP contribution in [0.5, 0.6) is 11.5 Å². The van der Waals surface area contributed by atoms with Crippen LogP contribution in [0.15, 0.2) is 36.4 Å². The van der Waals surface area contributed by atoms with Gasteiger partial charge in [0, 0.05) is 5.92 Å². The number of hydrogen-bond acceptors (Lipinski definition) is 7. The van der Waals surface area contributed by atoms with Crippen molar-refractivity contribution in [1.29, 1.82) is 0 Å². The molecule has 2 aromatic carbocycles. The molecule has 0 aliphatic carbocycles. The first-order valence-electron chi connectivity index (χ1n) is 9.47. The van der Waals surface area contributed by atoms with Crippen molar-refractivity contribution in [2.75, 3.05) is 20.8 Å². The number of hydrogen-bond donors (Lipinski definition) is 2. The Bertz CT molecular complexity index is 910. The van der Waals surface area contributed by atoms with Crippen molar-refractivity contribution in [3.05, 3.63) is 58.7 Å². The summed E-state index contributed by atoms with van der Waals surface area (Å²) in [6.07, 6.45) is -2.10. The number of benzene rings is 2. The highest BCUT2D eigenvalue weighted by molar-refractivity contribution is 5.76. The van der Waals surface area contributed by atoms with Gasteiger partial charge in [-0.1, -0.05) is 24.3 Å². The molecule has 0 radical (unpaired) electrons. The smallest absolute Gasteiger partial charge is 0.312 e. The van der Waals surface area contributed by atoms with Gasteiger partial charge < -0.3 is 29.2 Å². The lowest BCUT2D eigenvalue weighted by Crippen LogP contribution is -2.28. The summed E-state index contributed by atoms with van der Waals surface area (Å²) < 4.78 is 21.2. The number of cyclic esters (lactones) is 1. The average molecular weight is 400 g/mol. The summed E-state index contributed by atoms with van der Waals surface area (Å²) in [5.41, 5.74) is 3.30. The fourth-order valence-corrected chi connectivity index (χ4v) is 4.07. The minimum atomic E-state index is -1.15. The largest absolute Gasteiger partial charge is 0.493 e. The number of aliphatic hydroxyl groups excluding tert-OH is 2. The van der Waals surface area contributed by atoms with Gasteiger partial charge in [0.1, 0.15) is 0 Å². The fraction of sp³-hybridized carbons (Fsp3) is 0.409. The number of ether oxygens (including phenoxy) is 4. The lowest BCUT2D eigenvalue weighted by atomic mass is 9.81. The highest BCUT2D eigenvalue weighted by atomic mass is 16.5. The zero-order valence-electron chi connectivity index (χ0n) is 16.3. The van der Waals surface area contributed by atoms with Crippen LogP contribution in [0, 0.1) is 11.8 Å². The van der Waals surface area contributed by atoms with E-state index in [1.54, 1.807) is 18.2 Å². The Hall–Kier alpha value is -2.61. The Kier molecular flexibility index (Phi) is 5.45. The third kappa shape index (κ3) is 3.57. The van der Waals surface area contributed by atoms with Crippen LogP contribution in [-0.2, 0) is 27.5 Å². The molecular weight excluding hydrogens is 376 g/mol. The molecule has 4 rings (SSSR count). The van der Waals surface area contributed by atoms with E-state index in [1.165, 1.54) is 14.2 Å². The molecule has 2 aliphatic rings. The first-order chi connectivity index (χ1) is 14.0. The number of aliphatic hydroxyl groups is 2. The van der Waals surface area contributed by atoms with Crippen LogP contribution < -0.4 is 9.47 Å². The molecule has 0 aromatic heterocycles. The molecule has 29 heavy (non-hydrogen) atoms. The molecule has 1 saturated heterocycles. The highest BCUT2D eigenvalue weighted by Crippen LogP contribution is 2.42. The Balaban J connectivity index is 1.61. The van der Waals surface area contributed by atoms with Crippen LogP contribution in [0.25, 0.3) is 0 Å². The second-order valence-corrected chi connectivity index (χ2v) is 7.34. The third-order valence-corrected chi connectivity index (χ3v) is 5.73. The van der Waals surface area contributed by atoms with Crippen LogP contribution in [0.4, 0.5) is 0 Å². The van der Waals surface area contributed by atoms with Gasteiger partial charge in [-0.05, 0) is 34.4 Å².